The molecule has 0 amide bonds. The van der Waals surface area contributed by atoms with Gasteiger partial charge in [0.15, 0.2) is 12.2 Å². The van der Waals surface area contributed by atoms with Gasteiger partial charge in [0.05, 0.1) is 26.4 Å². The standard InChI is InChI=1S/C69H134O17P2/c1-7-9-11-13-15-26-35-41-47-53-68(73)85-64(57-79-66(71)51-45-39-31-14-12-10-8-2)59-83-87(75,76)81-55-63(70)56-82-88(77,78)84-60-65(86-69(74)54-48-42-36-30-25-21-17-19-23-28-33-38-44-50-62(5)6)58-80-67(72)52-46-40-34-29-24-20-16-18-22-27-32-37-43-49-61(3)4/h61-65,70H,7-60H2,1-6H3,(H,75,76)(H,77,78)/t63-,64+,65+/m0/s1. The molecule has 0 saturated heterocycles. The molecule has 0 aromatic carbocycles. The number of hydrogen-bond acceptors (Lipinski definition) is 15. The predicted molar refractivity (Wildman–Crippen MR) is 354 cm³/mol. The van der Waals surface area contributed by atoms with Gasteiger partial charge in [-0.25, -0.2) is 9.13 Å². The molecule has 0 aliphatic rings. The molecular formula is C69H134O17P2. The number of aliphatic hydroxyl groups excluding tert-OH is 1. The van der Waals surface area contributed by atoms with Crippen LogP contribution in [0.1, 0.15) is 350 Å². The van der Waals surface area contributed by atoms with Crippen LogP contribution in [0.2, 0.25) is 0 Å². The highest BCUT2D eigenvalue weighted by Gasteiger charge is 2.30. The second-order valence-electron chi connectivity index (χ2n) is 25.9. The minimum atomic E-state index is -4.95. The molecule has 17 nitrogen and oxygen atoms in total. The molecule has 5 atom stereocenters. The number of hydrogen-bond donors (Lipinski definition) is 3. The van der Waals surface area contributed by atoms with Crippen molar-refractivity contribution in [2.75, 3.05) is 39.6 Å². The molecule has 0 bridgehead atoms. The van der Waals surface area contributed by atoms with Crippen LogP contribution in [-0.4, -0.2) is 96.7 Å². The molecule has 0 radical (unpaired) electrons. The van der Waals surface area contributed by atoms with Crippen molar-refractivity contribution in [3.05, 3.63) is 0 Å². The number of aliphatic hydroxyl groups is 1. The fourth-order valence-electron chi connectivity index (χ4n) is 10.4. The monoisotopic (exact) mass is 1300 g/mol. The number of rotatable bonds is 68. The van der Waals surface area contributed by atoms with Gasteiger partial charge in [0.25, 0.3) is 0 Å². The molecule has 0 fully saturated rings. The molecule has 0 spiro atoms. The molecular weight excluding hydrogens is 1160 g/mol. The zero-order chi connectivity index (χ0) is 65.0. The lowest BCUT2D eigenvalue weighted by molar-refractivity contribution is -0.161. The average Bonchev–Trinajstić information content (AvgIpc) is 3.70. The van der Waals surface area contributed by atoms with Gasteiger partial charge >= 0.3 is 39.5 Å². The number of esters is 4. The van der Waals surface area contributed by atoms with Crippen LogP contribution in [0.15, 0.2) is 0 Å². The average molecular weight is 1300 g/mol. The molecule has 0 aromatic heterocycles. The van der Waals surface area contributed by atoms with Gasteiger partial charge in [-0.3, -0.25) is 37.3 Å². The first kappa shape index (κ1) is 86.1. The van der Waals surface area contributed by atoms with Crippen LogP contribution < -0.4 is 0 Å². The summed E-state index contributed by atoms with van der Waals surface area (Å²) in [5, 5.41) is 10.6. The summed E-state index contributed by atoms with van der Waals surface area (Å²) in [7, 11) is -9.89. The van der Waals surface area contributed by atoms with Crippen molar-refractivity contribution in [1.29, 1.82) is 0 Å². The number of unbranched alkanes of at least 4 members (excludes halogenated alkanes) is 38. The van der Waals surface area contributed by atoms with E-state index in [0.717, 1.165) is 115 Å². The molecule has 88 heavy (non-hydrogen) atoms. The Morgan fingerprint density at radius 2 is 0.523 bits per heavy atom. The van der Waals surface area contributed by atoms with E-state index in [4.69, 9.17) is 37.0 Å². The van der Waals surface area contributed by atoms with Gasteiger partial charge in [0, 0.05) is 25.7 Å². The number of ether oxygens (including phenoxy) is 4. The van der Waals surface area contributed by atoms with Crippen molar-refractivity contribution in [3.63, 3.8) is 0 Å². The molecule has 0 aliphatic heterocycles. The van der Waals surface area contributed by atoms with E-state index in [0.29, 0.717) is 25.7 Å². The molecule has 0 saturated carbocycles. The van der Waals surface area contributed by atoms with E-state index in [2.05, 4.69) is 41.5 Å². The minimum absolute atomic E-state index is 0.105. The van der Waals surface area contributed by atoms with Crippen LogP contribution in [0.4, 0.5) is 0 Å². The van der Waals surface area contributed by atoms with Crippen LogP contribution in [0.5, 0.6) is 0 Å². The highest BCUT2D eigenvalue weighted by Crippen LogP contribution is 2.45. The van der Waals surface area contributed by atoms with Crippen LogP contribution in [0.25, 0.3) is 0 Å². The smallest absolute Gasteiger partial charge is 0.462 e. The summed E-state index contributed by atoms with van der Waals surface area (Å²) in [4.78, 5) is 72.3. The van der Waals surface area contributed by atoms with Crippen molar-refractivity contribution in [1.82, 2.24) is 0 Å². The lowest BCUT2D eigenvalue weighted by atomic mass is 10.0. The summed E-state index contributed by atoms with van der Waals surface area (Å²) in [6.45, 7) is 9.52. The van der Waals surface area contributed by atoms with Gasteiger partial charge in [-0.1, -0.05) is 298 Å². The van der Waals surface area contributed by atoms with E-state index >= 15 is 0 Å². The van der Waals surface area contributed by atoms with Crippen molar-refractivity contribution in [2.45, 2.75) is 368 Å². The van der Waals surface area contributed by atoms with E-state index in [1.807, 2.05) is 0 Å². The molecule has 0 heterocycles. The summed E-state index contributed by atoms with van der Waals surface area (Å²) in [5.74, 6) is -0.553. The molecule has 3 N–H and O–H groups in total. The fourth-order valence-corrected chi connectivity index (χ4v) is 12.0. The third-order valence-electron chi connectivity index (χ3n) is 16.0. The molecule has 522 valence electrons. The largest absolute Gasteiger partial charge is 0.472 e. The zero-order valence-electron chi connectivity index (χ0n) is 57.0. The Morgan fingerprint density at radius 3 is 0.773 bits per heavy atom. The molecule has 0 aromatic rings. The van der Waals surface area contributed by atoms with Crippen LogP contribution in [0.3, 0.4) is 0 Å². The fraction of sp³-hybridized carbons (Fsp3) is 0.942. The molecule has 0 rings (SSSR count). The topological polar surface area (TPSA) is 237 Å². The highest BCUT2D eigenvalue weighted by molar-refractivity contribution is 7.47. The second-order valence-corrected chi connectivity index (χ2v) is 28.8. The maximum Gasteiger partial charge on any atom is 0.472 e. The summed E-state index contributed by atoms with van der Waals surface area (Å²) in [6.07, 6.45) is 45.9. The quantitative estimate of drug-likeness (QED) is 0.0222. The maximum atomic E-state index is 13.0. The highest BCUT2D eigenvalue weighted by atomic mass is 31.2. The Bertz CT molecular complexity index is 1720. The maximum absolute atomic E-state index is 13.0. The Hall–Kier alpha value is -1.94. The first-order chi connectivity index (χ1) is 42.4. The summed E-state index contributed by atoms with van der Waals surface area (Å²) < 4.78 is 68.1. The third-order valence-corrected chi connectivity index (χ3v) is 17.9. The molecule has 19 heteroatoms. The normalized spacial score (nSPS) is 14.2. The lowest BCUT2D eigenvalue weighted by Gasteiger charge is -2.21. The number of phosphoric ester groups is 2. The van der Waals surface area contributed by atoms with E-state index in [1.54, 1.807) is 0 Å². The third kappa shape index (κ3) is 62.8. The zero-order valence-corrected chi connectivity index (χ0v) is 58.8. The van der Waals surface area contributed by atoms with Gasteiger partial charge < -0.3 is 33.8 Å². The molecule has 2 unspecified atom stereocenters. The van der Waals surface area contributed by atoms with E-state index in [1.165, 1.54) is 154 Å². The number of phosphoric acid groups is 2. The van der Waals surface area contributed by atoms with Crippen molar-refractivity contribution >= 4 is 39.5 Å². The summed E-state index contributed by atoms with van der Waals surface area (Å²) in [5.41, 5.74) is 0. The first-order valence-corrected chi connectivity index (χ1v) is 39.0. The Balaban J connectivity index is 5.19. The van der Waals surface area contributed by atoms with Gasteiger partial charge in [-0.15, -0.1) is 0 Å². The predicted octanol–water partition coefficient (Wildman–Crippen LogP) is 19.6. The van der Waals surface area contributed by atoms with Crippen molar-refractivity contribution in [3.8, 4) is 0 Å². The summed E-state index contributed by atoms with van der Waals surface area (Å²) in [6, 6.07) is 0. The molecule has 0 aliphatic carbocycles. The van der Waals surface area contributed by atoms with Gasteiger partial charge in [0.1, 0.15) is 19.3 Å². The van der Waals surface area contributed by atoms with Crippen molar-refractivity contribution in [2.24, 2.45) is 11.8 Å². The van der Waals surface area contributed by atoms with E-state index in [9.17, 15) is 43.2 Å². The number of carbonyl (C=O) groups excluding carboxylic acids is 4. The SMILES string of the molecule is CCCCCCCCCCCC(=O)O[C@H](COC(=O)CCCCCCCCC)COP(=O)(O)OC[C@H](O)COP(=O)(O)OC[C@@H](COC(=O)CCCCCCCCCCCCCCCC(C)C)OC(=O)CCCCCCCCCCCCCCCC(C)C. The second kappa shape index (κ2) is 61.3. The van der Waals surface area contributed by atoms with Crippen LogP contribution >= 0.6 is 15.6 Å². The van der Waals surface area contributed by atoms with Crippen LogP contribution in [0, 0.1) is 11.8 Å². The Morgan fingerprint density at radius 1 is 0.307 bits per heavy atom. The van der Waals surface area contributed by atoms with Gasteiger partial charge in [0.2, 0.25) is 0 Å². The van der Waals surface area contributed by atoms with E-state index < -0.39 is 97.5 Å². The van der Waals surface area contributed by atoms with Gasteiger partial charge in [-0.2, -0.15) is 0 Å². The van der Waals surface area contributed by atoms with Crippen molar-refractivity contribution < 1.29 is 80.2 Å². The van der Waals surface area contributed by atoms with Gasteiger partial charge in [-0.05, 0) is 37.5 Å². The number of carbonyl (C=O) groups is 4. The Labute approximate surface area is 537 Å². The minimum Gasteiger partial charge on any atom is -0.462 e. The lowest BCUT2D eigenvalue weighted by Crippen LogP contribution is -2.30. The Kier molecular flexibility index (Phi) is 59.9. The summed E-state index contributed by atoms with van der Waals surface area (Å²) >= 11 is 0. The van der Waals surface area contributed by atoms with E-state index in [-0.39, 0.29) is 25.7 Å². The van der Waals surface area contributed by atoms with Crippen LogP contribution in [-0.2, 0) is 65.4 Å². The first-order valence-electron chi connectivity index (χ1n) is 36.0.